The zero-order valence-electron chi connectivity index (χ0n) is 10.5. The highest BCUT2D eigenvalue weighted by Gasteiger charge is 2.49. The lowest BCUT2D eigenvalue weighted by molar-refractivity contribution is -0.125. The van der Waals surface area contributed by atoms with E-state index in [4.69, 9.17) is 0 Å². The summed E-state index contributed by atoms with van der Waals surface area (Å²) in [6, 6.07) is -0.542. The fourth-order valence-electron chi connectivity index (χ4n) is 2.66. The first-order valence-electron chi connectivity index (χ1n) is 6.21. The number of nitrogens with one attached hydrogen (secondary N) is 4. The highest BCUT2D eigenvalue weighted by atomic mass is 16.2. The van der Waals surface area contributed by atoms with Crippen molar-refractivity contribution in [1.82, 2.24) is 25.5 Å². The van der Waals surface area contributed by atoms with Crippen LogP contribution in [0.25, 0.3) is 0 Å². The molecule has 1 unspecified atom stereocenters. The van der Waals surface area contributed by atoms with Crippen LogP contribution in [0.4, 0.5) is 4.79 Å². The Balaban J connectivity index is 1.82. The Morgan fingerprint density at radius 1 is 1.30 bits per heavy atom. The summed E-state index contributed by atoms with van der Waals surface area (Å²) in [6.45, 7) is 0.563. The molecular weight excluding hydrogens is 266 g/mol. The molecule has 4 N–H and O–H groups in total. The van der Waals surface area contributed by atoms with E-state index in [1.807, 2.05) is 0 Å². The van der Waals surface area contributed by atoms with E-state index in [0.29, 0.717) is 19.4 Å². The highest BCUT2D eigenvalue weighted by Crippen LogP contribution is 2.25. The number of carbonyl (C=O) groups excluding carboxylic acids is 3. The summed E-state index contributed by atoms with van der Waals surface area (Å²) in [7, 11) is 0. The molecule has 0 bridgehead atoms. The van der Waals surface area contributed by atoms with E-state index in [1.165, 1.54) is 11.1 Å². The number of H-pyrrole nitrogens is 2. The third-order valence-electron chi connectivity index (χ3n) is 3.62. The van der Waals surface area contributed by atoms with E-state index in [-0.39, 0.29) is 18.1 Å². The van der Waals surface area contributed by atoms with Crippen LogP contribution in [0.3, 0.4) is 0 Å². The number of nitrogens with zero attached hydrogens (tertiary/aromatic N) is 1. The number of likely N-dealkylation sites (tertiary alicyclic amines) is 1. The fourth-order valence-corrected chi connectivity index (χ4v) is 2.66. The van der Waals surface area contributed by atoms with E-state index in [2.05, 4.69) is 20.6 Å². The predicted octanol–water partition coefficient (Wildman–Crippen LogP) is -1.48. The van der Waals surface area contributed by atoms with Gasteiger partial charge in [-0.25, -0.2) is 9.59 Å². The predicted molar refractivity (Wildman–Crippen MR) is 66.0 cm³/mol. The first-order valence-corrected chi connectivity index (χ1v) is 6.21. The van der Waals surface area contributed by atoms with E-state index in [9.17, 15) is 19.2 Å². The zero-order valence-corrected chi connectivity index (χ0v) is 10.5. The van der Waals surface area contributed by atoms with Crippen LogP contribution in [0.2, 0.25) is 0 Å². The van der Waals surface area contributed by atoms with Gasteiger partial charge in [-0.15, -0.1) is 0 Å². The van der Waals surface area contributed by atoms with Crippen molar-refractivity contribution in [3.05, 3.63) is 22.4 Å². The molecule has 2 fully saturated rings. The summed E-state index contributed by atoms with van der Waals surface area (Å²) in [5.41, 5.74) is -1.38. The van der Waals surface area contributed by atoms with Crippen molar-refractivity contribution in [1.29, 1.82) is 0 Å². The number of hydrogen-bond donors (Lipinski definition) is 4. The molecule has 2 aliphatic rings. The Labute approximate surface area is 112 Å². The van der Waals surface area contributed by atoms with Crippen LogP contribution in [0.1, 0.15) is 23.3 Å². The SMILES string of the molecule is O=C1NC(=O)C2(CCCN(C(=O)c3c[nH]c(=O)[nH]3)C2)N1. The van der Waals surface area contributed by atoms with Crippen molar-refractivity contribution in [2.75, 3.05) is 13.1 Å². The van der Waals surface area contributed by atoms with Crippen molar-refractivity contribution in [2.24, 2.45) is 0 Å². The van der Waals surface area contributed by atoms with Crippen molar-refractivity contribution >= 4 is 17.8 Å². The largest absolute Gasteiger partial charge is 0.334 e. The number of rotatable bonds is 1. The van der Waals surface area contributed by atoms with Gasteiger partial charge in [0, 0.05) is 12.7 Å². The Bertz CT molecular complexity index is 647. The third kappa shape index (κ3) is 1.87. The second-order valence-corrected chi connectivity index (χ2v) is 4.98. The van der Waals surface area contributed by atoms with Crippen molar-refractivity contribution < 1.29 is 14.4 Å². The molecule has 0 aromatic carbocycles. The molecule has 9 heteroatoms. The van der Waals surface area contributed by atoms with E-state index in [0.717, 1.165) is 0 Å². The van der Waals surface area contributed by atoms with Crippen LogP contribution in [0, 0.1) is 0 Å². The monoisotopic (exact) mass is 279 g/mol. The molecule has 1 aromatic heterocycles. The van der Waals surface area contributed by atoms with Gasteiger partial charge in [-0.3, -0.25) is 14.9 Å². The average Bonchev–Trinajstić information content (AvgIpc) is 2.94. The van der Waals surface area contributed by atoms with Gasteiger partial charge >= 0.3 is 11.7 Å². The standard InChI is InChI=1S/C11H13N5O4/c17-7(6-4-12-9(19)13-6)16-3-1-2-11(5-16)8(18)14-10(20)15-11/h4H,1-3,5H2,(H2,12,13,19)(H2,14,15,18,20). The molecule has 2 aliphatic heterocycles. The number of hydrogen-bond acceptors (Lipinski definition) is 4. The number of piperidine rings is 1. The van der Waals surface area contributed by atoms with Gasteiger partial charge in [-0.05, 0) is 12.8 Å². The van der Waals surface area contributed by atoms with Gasteiger partial charge in [-0.2, -0.15) is 0 Å². The summed E-state index contributed by atoms with van der Waals surface area (Å²) in [5, 5.41) is 4.78. The first kappa shape index (κ1) is 12.5. The minimum atomic E-state index is -1.05. The molecule has 1 aromatic rings. The van der Waals surface area contributed by atoms with Gasteiger partial charge in [-0.1, -0.05) is 0 Å². The van der Waals surface area contributed by atoms with Crippen LogP contribution >= 0.6 is 0 Å². The van der Waals surface area contributed by atoms with E-state index < -0.39 is 23.2 Å². The van der Waals surface area contributed by atoms with Crippen LogP contribution in [0.15, 0.2) is 11.0 Å². The minimum Gasteiger partial charge on any atom is -0.334 e. The lowest BCUT2D eigenvalue weighted by atomic mass is 9.89. The Morgan fingerprint density at radius 3 is 2.70 bits per heavy atom. The van der Waals surface area contributed by atoms with Crippen LogP contribution in [-0.4, -0.2) is 51.3 Å². The molecule has 4 amide bonds. The Hall–Kier alpha value is -2.58. The lowest BCUT2D eigenvalue weighted by Gasteiger charge is -2.37. The maximum absolute atomic E-state index is 12.2. The highest BCUT2D eigenvalue weighted by molar-refractivity contribution is 6.07. The maximum atomic E-state index is 12.2. The van der Waals surface area contributed by atoms with Crippen molar-refractivity contribution in [3.8, 4) is 0 Å². The maximum Gasteiger partial charge on any atom is 0.323 e. The number of imidazole rings is 1. The van der Waals surface area contributed by atoms with Crippen molar-refractivity contribution in [3.63, 3.8) is 0 Å². The average molecular weight is 279 g/mol. The quantitative estimate of drug-likeness (QED) is 0.467. The van der Waals surface area contributed by atoms with E-state index >= 15 is 0 Å². The zero-order chi connectivity index (χ0) is 14.3. The molecule has 3 heterocycles. The number of aromatic nitrogens is 2. The van der Waals surface area contributed by atoms with Crippen LogP contribution < -0.4 is 16.3 Å². The second-order valence-electron chi connectivity index (χ2n) is 4.98. The Morgan fingerprint density at radius 2 is 2.10 bits per heavy atom. The molecule has 3 rings (SSSR count). The van der Waals surface area contributed by atoms with Gasteiger partial charge in [0.25, 0.3) is 11.8 Å². The van der Waals surface area contributed by atoms with E-state index in [1.54, 1.807) is 0 Å². The molecule has 20 heavy (non-hydrogen) atoms. The van der Waals surface area contributed by atoms with Gasteiger partial charge in [0.15, 0.2) is 0 Å². The molecule has 9 nitrogen and oxygen atoms in total. The number of carbonyl (C=O) groups is 3. The van der Waals surface area contributed by atoms with Gasteiger partial charge in [0.2, 0.25) is 0 Å². The third-order valence-corrected chi connectivity index (χ3v) is 3.62. The minimum absolute atomic E-state index is 0.0939. The molecule has 1 atom stereocenters. The lowest BCUT2D eigenvalue weighted by Crippen LogP contribution is -2.59. The van der Waals surface area contributed by atoms with Gasteiger partial charge in [0.1, 0.15) is 11.2 Å². The molecule has 0 saturated carbocycles. The molecular formula is C11H13N5O4. The number of imide groups is 1. The second kappa shape index (κ2) is 4.22. The Kier molecular flexibility index (Phi) is 2.63. The number of amides is 4. The van der Waals surface area contributed by atoms with Crippen LogP contribution in [0.5, 0.6) is 0 Å². The van der Waals surface area contributed by atoms with Gasteiger partial charge in [0.05, 0.1) is 6.54 Å². The molecule has 1 spiro atoms. The topological polar surface area (TPSA) is 127 Å². The molecule has 0 aliphatic carbocycles. The first-order chi connectivity index (χ1) is 9.50. The summed E-state index contributed by atoms with van der Waals surface area (Å²) < 4.78 is 0. The van der Waals surface area contributed by atoms with Crippen LogP contribution in [-0.2, 0) is 4.79 Å². The number of urea groups is 1. The van der Waals surface area contributed by atoms with Gasteiger partial charge < -0.3 is 20.2 Å². The normalized spacial score (nSPS) is 25.7. The fraction of sp³-hybridized carbons (Fsp3) is 0.455. The number of aromatic amines is 2. The molecule has 106 valence electrons. The smallest absolute Gasteiger partial charge is 0.323 e. The molecule has 0 radical (unpaired) electrons. The summed E-state index contributed by atoms with van der Waals surface area (Å²) in [5.74, 6) is -0.793. The summed E-state index contributed by atoms with van der Waals surface area (Å²) in [4.78, 5) is 52.6. The summed E-state index contributed by atoms with van der Waals surface area (Å²) in [6.07, 6.45) is 2.37. The summed E-state index contributed by atoms with van der Waals surface area (Å²) >= 11 is 0. The van der Waals surface area contributed by atoms with Crippen molar-refractivity contribution in [2.45, 2.75) is 18.4 Å². The molecule has 2 saturated heterocycles.